The van der Waals surface area contributed by atoms with Gasteiger partial charge in [-0.3, -0.25) is 9.69 Å². The minimum atomic E-state index is -3.61. The smallest absolute Gasteiger partial charge is 0.252 e. The van der Waals surface area contributed by atoms with Crippen LogP contribution in [0, 0.1) is 5.92 Å². The Morgan fingerprint density at radius 2 is 1.70 bits per heavy atom. The summed E-state index contributed by atoms with van der Waals surface area (Å²) < 4.78 is 29.4. The number of nitrogens with zero attached hydrogens (tertiary/aromatic N) is 3. The van der Waals surface area contributed by atoms with Crippen molar-refractivity contribution in [3.63, 3.8) is 0 Å². The van der Waals surface area contributed by atoms with Crippen molar-refractivity contribution in [1.82, 2.24) is 14.2 Å². The second kappa shape index (κ2) is 13.2. The number of rotatable bonds is 7. The van der Waals surface area contributed by atoms with Crippen LogP contribution in [0.2, 0.25) is 4.34 Å². The van der Waals surface area contributed by atoms with Crippen molar-refractivity contribution in [2.45, 2.75) is 36.6 Å². The summed E-state index contributed by atoms with van der Waals surface area (Å²) in [6, 6.07) is 21.8. The quantitative estimate of drug-likeness (QED) is 0.187. The first-order valence-electron chi connectivity index (χ1n) is 14.2. The van der Waals surface area contributed by atoms with E-state index in [0.29, 0.717) is 30.3 Å². The van der Waals surface area contributed by atoms with Crippen LogP contribution in [0.1, 0.15) is 28.8 Å². The molecule has 3 aromatic heterocycles. The van der Waals surface area contributed by atoms with Crippen LogP contribution in [0.3, 0.4) is 0 Å². The van der Waals surface area contributed by atoms with Crippen LogP contribution >= 0.6 is 58.0 Å². The second-order valence-electron chi connectivity index (χ2n) is 10.9. The lowest BCUT2D eigenvalue weighted by atomic mass is 9.97. The van der Waals surface area contributed by atoms with E-state index in [4.69, 9.17) is 16.6 Å². The van der Waals surface area contributed by atoms with Crippen LogP contribution in [0.25, 0.3) is 20.8 Å². The largest absolute Gasteiger partial charge is 0.317 e. The number of fused-ring (bicyclic) bond motifs is 2. The number of carbonyl (C=O) groups excluding carboxylic acids is 1. The van der Waals surface area contributed by atoms with Crippen LogP contribution in [-0.4, -0.2) is 48.1 Å². The summed E-state index contributed by atoms with van der Waals surface area (Å²) in [4.78, 5) is 22.4. The zero-order chi connectivity index (χ0) is 29.6. The maximum absolute atomic E-state index is 13.7. The van der Waals surface area contributed by atoms with E-state index in [9.17, 15) is 13.2 Å². The summed E-state index contributed by atoms with van der Waals surface area (Å²) in [6.45, 7) is 3.25. The maximum atomic E-state index is 13.7. The molecule has 13 heteroatoms. The molecule has 0 bridgehead atoms. The average molecular weight is 706 g/mol. The van der Waals surface area contributed by atoms with Gasteiger partial charge in [0, 0.05) is 49.1 Å². The van der Waals surface area contributed by atoms with Crippen LogP contribution < -0.4 is 5.32 Å². The maximum Gasteiger partial charge on any atom is 0.252 e. The van der Waals surface area contributed by atoms with E-state index < -0.39 is 10.0 Å². The van der Waals surface area contributed by atoms with Gasteiger partial charge < -0.3 is 5.32 Å². The van der Waals surface area contributed by atoms with E-state index in [-0.39, 0.29) is 28.4 Å². The van der Waals surface area contributed by atoms with Crippen molar-refractivity contribution < 1.29 is 13.2 Å². The van der Waals surface area contributed by atoms with Gasteiger partial charge in [-0.1, -0.05) is 54.1 Å². The molecule has 1 amide bonds. The van der Waals surface area contributed by atoms with Crippen molar-refractivity contribution in [1.29, 1.82) is 0 Å². The second-order valence-corrected chi connectivity index (χ2v) is 16.9. The van der Waals surface area contributed by atoms with Crippen molar-refractivity contribution in [3.8, 4) is 10.6 Å². The Morgan fingerprint density at radius 3 is 2.43 bits per heavy atom. The number of piperidine rings is 1. The fourth-order valence-electron chi connectivity index (χ4n) is 5.86. The predicted molar refractivity (Wildman–Crippen MR) is 184 cm³/mol. The first-order chi connectivity index (χ1) is 20.8. The van der Waals surface area contributed by atoms with Crippen molar-refractivity contribution in [2.75, 3.05) is 25.0 Å². The van der Waals surface area contributed by atoms with E-state index in [0.717, 1.165) is 63.2 Å². The molecule has 230 valence electrons. The highest BCUT2D eigenvalue weighted by Gasteiger charge is 2.34. The molecular weight excluding hydrogens is 676 g/mol. The molecule has 2 aliphatic heterocycles. The SMILES string of the molecule is Cl.O=C(Nc1sc2c(c1-c1nc3ccccc3s1)CCN(Cc1ccccc1)C2)C1CCN(S(=O)(=O)c2ccc(Cl)s2)CC1. The number of nitrogens with one attached hydrogen (secondary N) is 1. The van der Waals surface area contributed by atoms with E-state index in [1.54, 1.807) is 34.8 Å². The molecule has 2 aromatic carbocycles. The number of para-hydroxylation sites is 1. The van der Waals surface area contributed by atoms with Gasteiger partial charge in [0.1, 0.15) is 14.2 Å². The van der Waals surface area contributed by atoms with Gasteiger partial charge in [-0.2, -0.15) is 4.31 Å². The Labute approximate surface area is 280 Å². The van der Waals surface area contributed by atoms with Crippen LogP contribution in [0.15, 0.2) is 70.9 Å². The van der Waals surface area contributed by atoms with Gasteiger partial charge in [0.05, 0.1) is 14.6 Å². The Balaban J connectivity index is 0.00000343. The molecule has 0 unspecified atom stereocenters. The molecule has 44 heavy (non-hydrogen) atoms. The molecule has 0 spiro atoms. The van der Waals surface area contributed by atoms with Crippen molar-refractivity contribution in [2.24, 2.45) is 5.92 Å². The summed E-state index contributed by atoms with van der Waals surface area (Å²) in [5, 5.41) is 5.06. The molecule has 5 aromatic rings. The number of hydrogen-bond donors (Lipinski definition) is 1. The number of aromatic nitrogens is 1. The Hall–Kier alpha value is -2.35. The van der Waals surface area contributed by atoms with Gasteiger partial charge in [0.15, 0.2) is 0 Å². The highest BCUT2D eigenvalue weighted by atomic mass is 35.5. The number of halogens is 2. The molecule has 7 rings (SSSR count). The number of amides is 1. The first-order valence-corrected chi connectivity index (χ1v) is 18.4. The highest BCUT2D eigenvalue weighted by Crippen LogP contribution is 2.46. The van der Waals surface area contributed by atoms with Gasteiger partial charge in [-0.25, -0.2) is 13.4 Å². The van der Waals surface area contributed by atoms with E-state index in [2.05, 4.69) is 40.5 Å². The summed E-state index contributed by atoms with van der Waals surface area (Å²) in [7, 11) is -3.61. The van der Waals surface area contributed by atoms with Crippen molar-refractivity contribution >= 4 is 89.2 Å². The number of benzene rings is 2. The summed E-state index contributed by atoms with van der Waals surface area (Å²) in [5.41, 5.74) is 4.57. The van der Waals surface area contributed by atoms with Gasteiger partial charge >= 0.3 is 0 Å². The minimum absolute atomic E-state index is 0. The normalized spacial score (nSPS) is 16.5. The number of carbonyl (C=O) groups is 1. The lowest BCUT2D eigenvalue weighted by molar-refractivity contribution is -0.120. The number of sulfonamides is 1. The van der Waals surface area contributed by atoms with Crippen molar-refractivity contribution in [3.05, 3.63) is 87.1 Å². The lowest BCUT2D eigenvalue weighted by Gasteiger charge is -2.30. The molecule has 0 radical (unpaired) electrons. The molecule has 1 saturated heterocycles. The molecular formula is C31H30Cl2N4O3S4. The summed E-state index contributed by atoms with van der Waals surface area (Å²) in [5.74, 6) is -0.325. The molecule has 0 atom stereocenters. The summed E-state index contributed by atoms with van der Waals surface area (Å²) in [6.07, 6.45) is 1.83. The zero-order valence-corrected chi connectivity index (χ0v) is 28.4. The third kappa shape index (κ3) is 6.34. The standard InChI is InChI=1S/C31H29ClN4O3S4.ClH/c32-26-10-11-27(42-26)43(38,39)36-16-12-21(13-17-36)29(37)34-31-28(30-33-23-8-4-5-9-24(23)40-30)22-14-15-35(19-25(22)41-31)18-20-6-2-1-3-7-20;/h1-11,21H,12-19H2,(H,34,37);1H. The Morgan fingerprint density at radius 1 is 0.955 bits per heavy atom. The van der Waals surface area contributed by atoms with Crippen LogP contribution in [0.5, 0.6) is 0 Å². The minimum Gasteiger partial charge on any atom is -0.317 e. The molecule has 7 nitrogen and oxygen atoms in total. The molecule has 5 heterocycles. The zero-order valence-electron chi connectivity index (χ0n) is 23.6. The topological polar surface area (TPSA) is 82.6 Å². The Bertz CT molecular complexity index is 1860. The lowest BCUT2D eigenvalue weighted by Crippen LogP contribution is -2.41. The fraction of sp³-hybridized carbons (Fsp3) is 0.290. The van der Waals surface area contributed by atoms with Gasteiger partial charge in [-0.15, -0.1) is 46.4 Å². The fourth-order valence-corrected chi connectivity index (χ4v) is 11.4. The summed E-state index contributed by atoms with van der Waals surface area (Å²) >= 11 is 10.4. The number of anilines is 1. The van der Waals surface area contributed by atoms with Gasteiger partial charge in [0.2, 0.25) is 5.91 Å². The highest BCUT2D eigenvalue weighted by molar-refractivity contribution is 7.91. The van der Waals surface area contributed by atoms with E-state index in [1.165, 1.54) is 20.3 Å². The first kappa shape index (κ1) is 31.6. The number of hydrogen-bond acceptors (Lipinski definition) is 8. The third-order valence-corrected chi connectivity index (χ3v) is 13.9. The monoisotopic (exact) mass is 704 g/mol. The Kier molecular flexibility index (Phi) is 9.47. The van der Waals surface area contributed by atoms with Crippen LogP contribution in [-0.2, 0) is 34.3 Å². The number of thiophene rings is 2. The predicted octanol–water partition coefficient (Wildman–Crippen LogP) is 7.76. The molecule has 1 fully saturated rings. The van der Waals surface area contributed by atoms with Gasteiger partial charge in [-0.05, 0) is 54.7 Å². The number of thiazole rings is 1. The van der Waals surface area contributed by atoms with Crippen LogP contribution in [0.4, 0.5) is 5.00 Å². The molecule has 1 N–H and O–H groups in total. The molecule has 2 aliphatic rings. The van der Waals surface area contributed by atoms with E-state index in [1.807, 2.05) is 24.3 Å². The average Bonchev–Trinajstić information content (AvgIpc) is 3.74. The molecule has 0 saturated carbocycles. The molecule has 0 aliphatic carbocycles. The van der Waals surface area contributed by atoms with E-state index >= 15 is 0 Å². The third-order valence-electron chi connectivity index (χ3n) is 8.10. The van der Waals surface area contributed by atoms with Gasteiger partial charge in [0.25, 0.3) is 10.0 Å².